The highest BCUT2D eigenvalue weighted by molar-refractivity contribution is 7.92. The van der Waals surface area contributed by atoms with Crippen LogP contribution in [-0.4, -0.2) is 36.1 Å². The van der Waals surface area contributed by atoms with Crippen LogP contribution in [-0.2, 0) is 10.0 Å². The number of hydrogen-bond acceptors (Lipinski definition) is 3. The van der Waals surface area contributed by atoms with Gasteiger partial charge in [-0.15, -0.1) is 0 Å². The van der Waals surface area contributed by atoms with Gasteiger partial charge in [0.2, 0.25) is 10.0 Å². The van der Waals surface area contributed by atoms with Crippen LogP contribution in [0.15, 0.2) is 0 Å². The van der Waals surface area contributed by atoms with Gasteiger partial charge in [0, 0.05) is 12.6 Å². The standard InChI is InChI=1S/C10H20N2O2S2/c1-7-4-8(2)9(3)12(5-7)16(13,14)6-10(11)15/h7-9H,4-6H2,1-3H3,(H2,11,15). The van der Waals surface area contributed by atoms with E-state index >= 15 is 0 Å². The first-order valence-corrected chi connectivity index (χ1v) is 7.53. The molecule has 0 amide bonds. The first kappa shape index (κ1) is 13.9. The van der Waals surface area contributed by atoms with Crippen LogP contribution in [0.2, 0.25) is 0 Å². The molecule has 0 radical (unpaired) electrons. The van der Waals surface area contributed by atoms with Crippen molar-refractivity contribution in [3.63, 3.8) is 0 Å². The van der Waals surface area contributed by atoms with Gasteiger partial charge in [-0.2, -0.15) is 4.31 Å². The number of piperidine rings is 1. The quantitative estimate of drug-likeness (QED) is 0.772. The normalized spacial score (nSPS) is 32.6. The summed E-state index contributed by atoms with van der Waals surface area (Å²) >= 11 is 4.68. The van der Waals surface area contributed by atoms with Crippen LogP contribution in [0.3, 0.4) is 0 Å². The second-order valence-electron chi connectivity index (χ2n) is 4.85. The molecule has 0 aromatic rings. The number of sulfonamides is 1. The smallest absolute Gasteiger partial charge is 0.220 e. The van der Waals surface area contributed by atoms with E-state index in [1.165, 1.54) is 0 Å². The van der Waals surface area contributed by atoms with E-state index in [0.29, 0.717) is 18.4 Å². The lowest BCUT2D eigenvalue weighted by Crippen LogP contribution is -2.50. The fourth-order valence-electron chi connectivity index (χ4n) is 2.29. The first-order valence-electron chi connectivity index (χ1n) is 5.52. The number of rotatable bonds is 3. The maximum Gasteiger partial charge on any atom is 0.220 e. The van der Waals surface area contributed by atoms with Crippen molar-refractivity contribution in [1.82, 2.24) is 4.31 Å². The molecule has 1 aliphatic rings. The van der Waals surface area contributed by atoms with Crippen LogP contribution in [0.5, 0.6) is 0 Å². The molecular formula is C10H20N2O2S2. The van der Waals surface area contributed by atoms with Gasteiger partial charge in [-0.25, -0.2) is 8.42 Å². The Bertz CT molecular complexity index is 367. The third kappa shape index (κ3) is 3.15. The molecule has 0 bridgehead atoms. The van der Waals surface area contributed by atoms with Crippen LogP contribution in [0.25, 0.3) is 0 Å². The molecule has 0 spiro atoms. The van der Waals surface area contributed by atoms with Crippen LogP contribution in [0, 0.1) is 11.8 Å². The van der Waals surface area contributed by atoms with Gasteiger partial charge in [0.05, 0.1) is 4.99 Å². The minimum Gasteiger partial charge on any atom is -0.392 e. The molecule has 0 aromatic carbocycles. The van der Waals surface area contributed by atoms with Gasteiger partial charge in [-0.1, -0.05) is 26.1 Å². The molecule has 4 nitrogen and oxygen atoms in total. The Labute approximate surface area is 103 Å². The Kier molecular flexibility index (Phi) is 4.31. The van der Waals surface area contributed by atoms with Gasteiger partial charge in [0.15, 0.2) is 0 Å². The first-order chi connectivity index (χ1) is 7.24. The Morgan fingerprint density at radius 2 is 2.00 bits per heavy atom. The average Bonchev–Trinajstić information content (AvgIpc) is 2.08. The van der Waals surface area contributed by atoms with E-state index in [-0.39, 0.29) is 16.8 Å². The highest BCUT2D eigenvalue weighted by Gasteiger charge is 2.36. The fourth-order valence-corrected chi connectivity index (χ4v) is 4.46. The van der Waals surface area contributed by atoms with Crippen molar-refractivity contribution >= 4 is 27.2 Å². The van der Waals surface area contributed by atoms with E-state index in [0.717, 1.165) is 6.42 Å². The third-order valence-corrected chi connectivity index (χ3v) is 5.42. The SMILES string of the molecule is CC1CC(C)C(C)N(S(=O)(=O)CC(N)=S)C1. The molecule has 1 heterocycles. The van der Waals surface area contributed by atoms with Gasteiger partial charge in [-0.05, 0) is 25.2 Å². The third-order valence-electron chi connectivity index (χ3n) is 3.23. The van der Waals surface area contributed by atoms with E-state index in [1.54, 1.807) is 4.31 Å². The summed E-state index contributed by atoms with van der Waals surface area (Å²) in [6.07, 6.45) is 1.07. The molecule has 0 aliphatic carbocycles. The number of nitrogens with two attached hydrogens (primary N) is 1. The van der Waals surface area contributed by atoms with Crippen molar-refractivity contribution in [1.29, 1.82) is 0 Å². The van der Waals surface area contributed by atoms with Gasteiger partial charge >= 0.3 is 0 Å². The van der Waals surface area contributed by atoms with Gasteiger partial charge in [0.25, 0.3) is 0 Å². The highest BCUT2D eigenvalue weighted by atomic mass is 32.2. The minimum atomic E-state index is -3.33. The molecule has 3 atom stereocenters. The molecule has 6 heteroatoms. The predicted molar refractivity (Wildman–Crippen MR) is 69.7 cm³/mol. The average molecular weight is 264 g/mol. The molecule has 2 N–H and O–H groups in total. The van der Waals surface area contributed by atoms with E-state index < -0.39 is 10.0 Å². The summed E-state index contributed by atoms with van der Waals surface area (Å²) < 4.78 is 25.7. The maximum absolute atomic E-state index is 12.1. The molecule has 0 aromatic heterocycles. The molecule has 16 heavy (non-hydrogen) atoms. The van der Waals surface area contributed by atoms with Gasteiger partial charge in [-0.3, -0.25) is 0 Å². The Morgan fingerprint density at radius 3 is 2.50 bits per heavy atom. The Balaban J connectivity index is 2.89. The Hall–Kier alpha value is -0.200. The molecular weight excluding hydrogens is 244 g/mol. The van der Waals surface area contributed by atoms with Crippen molar-refractivity contribution in [2.75, 3.05) is 12.3 Å². The zero-order chi connectivity index (χ0) is 12.5. The second kappa shape index (κ2) is 4.98. The van der Waals surface area contributed by atoms with Crippen molar-refractivity contribution in [2.24, 2.45) is 17.6 Å². The molecule has 0 saturated carbocycles. The fraction of sp³-hybridized carbons (Fsp3) is 0.900. The summed E-state index contributed by atoms with van der Waals surface area (Å²) in [7, 11) is -3.33. The largest absolute Gasteiger partial charge is 0.392 e. The minimum absolute atomic E-state index is 0.0375. The predicted octanol–water partition coefficient (Wildman–Crippen LogP) is 0.969. The highest BCUT2D eigenvalue weighted by Crippen LogP contribution is 2.29. The van der Waals surface area contributed by atoms with Gasteiger partial charge in [0.1, 0.15) is 5.75 Å². The van der Waals surface area contributed by atoms with E-state index in [2.05, 4.69) is 26.1 Å². The lowest BCUT2D eigenvalue weighted by atomic mass is 9.88. The summed E-state index contributed by atoms with van der Waals surface area (Å²) in [5, 5.41) is 0. The van der Waals surface area contributed by atoms with Crippen LogP contribution < -0.4 is 5.73 Å². The molecule has 1 saturated heterocycles. The van der Waals surface area contributed by atoms with Gasteiger partial charge < -0.3 is 5.73 Å². The summed E-state index contributed by atoms with van der Waals surface area (Å²) in [6.45, 7) is 6.69. The topological polar surface area (TPSA) is 63.4 Å². The lowest BCUT2D eigenvalue weighted by Gasteiger charge is -2.39. The summed E-state index contributed by atoms with van der Waals surface area (Å²) in [5.41, 5.74) is 5.33. The summed E-state index contributed by atoms with van der Waals surface area (Å²) in [6, 6.07) is 0.0375. The number of thiocarbonyl (C=S) groups is 1. The number of nitrogens with zero attached hydrogens (tertiary/aromatic N) is 1. The van der Waals surface area contributed by atoms with E-state index in [4.69, 9.17) is 5.73 Å². The molecule has 3 unspecified atom stereocenters. The van der Waals surface area contributed by atoms with Crippen molar-refractivity contribution in [2.45, 2.75) is 33.2 Å². The van der Waals surface area contributed by atoms with Crippen LogP contribution in [0.4, 0.5) is 0 Å². The summed E-state index contributed by atoms with van der Waals surface area (Å²) in [4.78, 5) is 0.0399. The van der Waals surface area contributed by atoms with Crippen LogP contribution in [0.1, 0.15) is 27.2 Å². The van der Waals surface area contributed by atoms with E-state index in [1.807, 2.05) is 6.92 Å². The molecule has 1 aliphatic heterocycles. The Morgan fingerprint density at radius 1 is 1.44 bits per heavy atom. The summed E-state index contributed by atoms with van der Waals surface area (Å²) in [5.74, 6) is 0.559. The maximum atomic E-state index is 12.1. The zero-order valence-electron chi connectivity index (χ0n) is 10.0. The molecule has 1 fully saturated rings. The number of hydrogen-bond donors (Lipinski definition) is 1. The lowest BCUT2D eigenvalue weighted by molar-refractivity contribution is 0.158. The zero-order valence-corrected chi connectivity index (χ0v) is 11.6. The molecule has 94 valence electrons. The van der Waals surface area contributed by atoms with Crippen molar-refractivity contribution < 1.29 is 8.42 Å². The van der Waals surface area contributed by atoms with Crippen molar-refractivity contribution in [3.05, 3.63) is 0 Å². The monoisotopic (exact) mass is 264 g/mol. The van der Waals surface area contributed by atoms with Crippen LogP contribution >= 0.6 is 12.2 Å². The van der Waals surface area contributed by atoms with Crippen molar-refractivity contribution in [3.8, 4) is 0 Å². The van der Waals surface area contributed by atoms with E-state index in [9.17, 15) is 8.42 Å². The molecule has 1 rings (SSSR count). The second-order valence-corrected chi connectivity index (χ2v) is 7.30.